The molecule has 0 unspecified atom stereocenters. The van der Waals surface area contributed by atoms with Crippen LogP contribution in [0.25, 0.3) is 0 Å². The van der Waals surface area contributed by atoms with Crippen molar-refractivity contribution in [2.75, 3.05) is 0 Å². The van der Waals surface area contributed by atoms with Crippen LogP contribution in [0.3, 0.4) is 0 Å². The number of aromatic nitrogens is 2. The highest BCUT2D eigenvalue weighted by molar-refractivity contribution is 5.87. The number of aryl methyl sites for hydroxylation is 1. The zero-order valence-electron chi connectivity index (χ0n) is 12.2. The van der Waals surface area contributed by atoms with Gasteiger partial charge in [-0.2, -0.15) is 0 Å². The molecule has 0 radical (unpaired) electrons. The fourth-order valence-electron chi connectivity index (χ4n) is 3.21. The first-order chi connectivity index (χ1) is 8.32. The average Bonchev–Trinajstić information content (AvgIpc) is 2.59. The van der Waals surface area contributed by atoms with Crippen LogP contribution in [0, 0.1) is 16.7 Å². The summed E-state index contributed by atoms with van der Waals surface area (Å²) in [4.78, 5) is 16.7. The van der Waals surface area contributed by atoms with Crippen molar-refractivity contribution in [1.29, 1.82) is 0 Å². The molecule has 0 saturated heterocycles. The van der Waals surface area contributed by atoms with E-state index in [0.717, 1.165) is 18.8 Å². The average molecular weight is 248 g/mol. The first-order valence-electron chi connectivity index (χ1n) is 6.85. The van der Waals surface area contributed by atoms with Crippen molar-refractivity contribution in [2.24, 2.45) is 16.7 Å². The molecule has 0 bridgehead atoms. The zero-order chi connectivity index (χ0) is 13.6. The number of rotatable bonds is 5. The van der Waals surface area contributed by atoms with E-state index in [4.69, 9.17) is 0 Å². The third-order valence-electron chi connectivity index (χ3n) is 4.94. The molecular formula is C15H24N2O. The second kappa shape index (κ2) is 4.22. The highest BCUT2D eigenvalue weighted by Crippen LogP contribution is 2.68. The Balaban J connectivity index is 2.07. The van der Waals surface area contributed by atoms with E-state index in [2.05, 4.69) is 44.2 Å². The summed E-state index contributed by atoms with van der Waals surface area (Å²) in [5.41, 5.74) is 0.262. The lowest BCUT2D eigenvalue weighted by molar-refractivity contribution is -0.120. The minimum atomic E-state index is 0.131. The standard InChI is InChI=1S/C15H24N2O/c1-6-8-17-9-7-16-12(17)10-11(18)13-14(2,3)15(13,4)5/h7,9,13H,6,8,10H2,1-5H3. The summed E-state index contributed by atoms with van der Waals surface area (Å²) in [7, 11) is 0. The van der Waals surface area contributed by atoms with Crippen molar-refractivity contribution in [2.45, 2.75) is 54.0 Å². The second-order valence-corrected chi connectivity index (χ2v) is 6.56. The summed E-state index contributed by atoms with van der Waals surface area (Å²) < 4.78 is 2.10. The second-order valence-electron chi connectivity index (χ2n) is 6.56. The maximum absolute atomic E-state index is 12.4. The smallest absolute Gasteiger partial charge is 0.144 e. The normalized spacial score (nSPS) is 20.9. The van der Waals surface area contributed by atoms with Crippen LogP contribution in [0.2, 0.25) is 0 Å². The van der Waals surface area contributed by atoms with Gasteiger partial charge >= 0.3 is 0 Å². The van der Waals surface area contributed by atoms with Gasteiger partial charge in [0.1, 0.15) is 11.6 Å². The largest absolute Gasteiger partial charge is 0.335 e. The number of hydrogen-bond acceptors (Lipinski definition) is 2. The highest BCUT2D eigenvalue weighted by Gasteiger charge is 2.67. The van der Waals surface area contributed by atoms with Gasteiger partial charge in [0.2, 0.25) is 0 Å². The molecule has 0 aliphatic heterocycles. The lowest BCUT2D eigenvalue weighted by Gasteiger charge is -2.06. The maximum Gasteiger partial charge on any atom is 0.144 e. The van der Waals surface area contributed by atoms with Crippen LogP contribution in [0.4, 0.5) is 0 Å². The van der Waals surface area contributed by atoms with Crippen molar-refractivity contribution >= 4 is 5.78 Å². The van der Waals surface area contributed by atoms with E-state index < -0.39 is 0 Å². The Morgan fingerprint density at radius 1 is 1.33 bits per heavy atom. The van der Waals surface area contributed by atoms with Gasteiger partial charge in [0, 0.05) is 24.9 Å². The number of nitrogens with zero attached hydrogens (tertiary/aromatic N) is 2. The predicted octanol–water partition coefficient (Wildman–Crippen LogP) is 3.09. The topological polar surface area (TPSA) is 34.9 Å². The Morgan fingerprint density at radius 3 is 2.44 bits per heavy atom. The lowest BCUT2D eigenvalue weighted by Crippen LogP contribution is -2.14. The van der Waals surface area contributed by atoms with E-state index in [1.165, 1.54) is 0 Å². The quantitative estimate of drug-likeness (QED) is 0.802. The first kappa shape index (κ1) is 13.3. The predicted molar refractivity (Wildman–Crippen MR) is 72.3 cm³/mol. The molecule has 3 nitrogen and oxygen atoms in total. The number of carbonyl (C=O) groups excluding carboxylic acids is 1. The lowest BCUT2D eigenvalue weighted by atomic mass is 10.0. The molecule has 1 fully saturated rings. The van der Waals surface area contributed by atoms with E-state index in [-0.39, 0.29) is 16.7 Å². The van der Waals surface area contributed by atoms with Gasteiger partial charge in [0.15, 0.2) is 0 Å². The molecule has 1 aliphatic carbocycles. The van der Waals surface area contributed by atoms with Crippen molar-refractivity contribution in [3.05, 3.63) is 18.2 Å². The zero-order valence-corrected chi connectivity index (χ0v) is 12.2. The number of Topliss-reactive ketones (excluding diaryl/α,β-unsaturated/α-hetero) is 1. The number of hydrogen-bond donors (Lipinski definition) is 0. The molecule has 2 rings (SSSR count). The minimum Gasteiger partial charge on any atom is -0.335 e. The SMILES string of the molecule is CCCn1ccnc1CC(=O)C1C(C)(C)C1(C)C. The fraction of sp³-hybridized carbons (Fsp3) is 0.733. The maximum atomic E-state index is 12.4. The van der Waals surface area contributed by atoms with E-state index in [9.17, 15) is 4.79 Å². The van der Waals surface area contributed by atoms with Crippen molar-refractivity contribution < 1.29 is 4.79 Å². The number of carbonyl (C=O) groups is 1. The Hall–Kier alpha value is -1.12. The van der Waals surface area contributed by atoms with Gasteiger partial charge in [-0.25, -0.2) is 4.98 Å². The molecule has 0 spiro atoms. The van der Waals surface area contributed by atoms with E-state index in [1.807, 2.05) is 6.20 Å². The molecule has 0 aromatic carbocycles. The molecule has 18 heavy (non-hydrogen) atoms. The molecule has 1 aromatic heterocycles. The Bertz CT molecular complexity index is 443. The molecule has 1 aromatic rings. The van der Waals surface area contributed by atoms with E-state index in [1.54, 1.807) is 6.20 Å². The Labute approximate surface area is 110 Å². The van der Waals surface area contributed by atoms with Crippen LogP contribution in [-0.2, 0) is 17.8 Å². The molecule has 3 heteroatoms. The third kappa shape index (κ3) is 1.90. The summed E-state index contributed by atoms with van der Waals surface area (Å²) in [5.74, 6) is 1.44. The van der Waals surface area contributed by atoms with Gasteiger partial charge in [-0.1, -0.05) is 34.6 Å². The molecule has 0 atom stereocenters. The summed E-state index contributed by atoms with van der Waals surface area (Å²) in [6.07, 6.45) is 5.30. The van der Waals surface area contributed by atoms with Gasteiger partial charge in [0.25, 0.3) is 0 Å². The molecular weight excluding hydrogens is 224 g/mol. The summed E-state index contributed by atoms with van der Waals surface area (Å²) in [5, 5.41) is 0. The molecule has 100 valence electrons. The van der Waals surface area contributed by atoms with Gasteiger partial charge < -0.3 is 4.57 Å². The van der Waals surface area contributed by atoms with Crippen LogP contribution < -0.4 is 0 Å². The summed E-state index contributed by atoms with van der Waals surface area (Å²) >= 11 is 0. The minimum absolute atomic E-state index is 0.131. The van der Waals surface area contributed by atoms with Crippen LogP contribution in [0.15, 0.2) is 12.4 Å². The van der Waals surface area contributed by atoms with Crippen LogP contribution in [0.5, 0.6) is 0 Å². The molecule has 1 aliphatic rings. The van der Waals surface area contributed by atoms with E-state index in [0.29, 0.717) is 12.2 Å². The highest BCUT2D eigenvalue weighted by atomic mass is 16.1. The molecule has 0 amide bonds. The van der Waals surface area contributed by atoms with Gasteiger partial charge in [-0.15, -0.1) is 0 Å². The number of ketones is 1. The molecule has 1 saturated carbocycles. The first-order valence-corrected chi connectivity index (χ1v) is 6.85. The number of imidazole rings is 1. The van der Waals surface area contributed by atoms with Crippen molar-refractivity contribution in [3.8, 4) is 0 Å². The Kier molecular flexibility index (Phi) is 3.12. The summed E-state index contributed by atoms with van der Waals surface area (Å²) in [6, 6.07) is 0. The van der Waals surface area contributed by atoms with Gasteiger partial charge in [-0.05, 0) is 17.3 Å². The monoisotopic (exact) mass is 248 g/mol. The van der Waals surface area contributed by atoms with Crippen molar-refractivity contribution in [3.63, 3.8) is 0 Å². The van der Waals surface area contributed by atoms with Crippen LogP contribution in [-0.4, -0.2) is 15.3 Å². The van der Waals surface area contributed by atoms with Crippen LogP contribution >= 0.6 is 0 Å². The summed E-state index contributed by atoms with van der Waals surface area (Å²) in [6.45, 7) is 11.8. The molecule has 1 heterocycles. The fourth-order valence-corrected chi connectivity index (χ4v) is 3.21. The Morgan fingerprint density at radius 2 is 1.94 bits per heavy atom. The van der Waals surface area contributed by atoms with Crippen LogP contribution in [0.1, 0.15) is 46.9 Å². The van der Waals surface area contributed by atoms with Gasteiger partial charge in [-0.3, -0.25) is 4.79 Å². The molecule has 0 N–H and O–H groups in total. The van der Waals surface area contributed by atoms with Crippen molar-refractivity contribution in [1.82, 2.24) is 9.55 Å². The van der Waals surface area contributed by atoms with E-state index >= 15 is 0 Å². The third-order valence-corrected chi connectivity index (χ3v) is 4.94. The van der Waals surface area contributed by atoms with Gasteiger partial charge in [0.05, 0.1) is 6.42 Å².